The van der Waals surface area contributed by atoms with Crippen LogP contribution in [0.5, 0.6) is 5.88 Å². The van der Waals surface area contributed by atoms with Gasteiger partial charge in [-0.3, -0.25) is 24.0 Å². The summed E-state index contributed by atoms with van der Waals surface area (Å²) < 4.78 is 70.6. The van der Waals surface area contributed by atoms with E-state index in [0.717, 1.165) is 24.9 Å². The first-order valence-corrected chi connectivity index (χ1v) is 22.7. The summed E-state index contributed by atoms with van der Waals surface area (Å²) >= 11 is 0. The summed E-state index contributed by atoms with van der Waals surface area (Å²) in [7, 11) is -4.09. The summed E-state index contributed by atoms with van der Waals surface area (Å²) in [5.41, 5.74) is -3.08. The number of carbonyl (C=O) groups is 4. The lowest BCUT2D eigenvalue weighted by Crippen LogP contribution is -2.66. The van der Waals surface area contributed by atoms with Crippen LogP contribution < -0.4 is 19.7 Å². The van der Waals surface area contributed by atoms with Gasteiger partial charge in [-0.15, -0.1) is 0 Å². The molecule has 15 nitrogen and oxygen atoms in total. The highest BCUT2D eigenvalue weighted by Gasteiger charge is 2.63. The fourth-order valence-corrected chi connectivity index (χ4v) is 10.5. The van der Waals surface area contributed by atoms with Crippen molar-refractivity contribution in [3.8, 4) is 5.88 Å². The third-order valence-electron chi connectivity index (χ3n) is 13.7. The van der Waals surface area contributed by atoms with E-state index < -0.39 is 85.6 Å². The number of benzene rings is 1. The normalized spacial score (nSPS) is 29.7. The molecule has 4 fully saturated rings. The Bertz CT molecular complexity index is 2190. The lowest BCUT2D eigenvalue weighted by Gasteiger charge is -2.47. The van der Waals surface area contributed by atoms with E-state index in [0.29, 0.717) is 75.6 Å². The quantitative estimate of drug-likeness (QED) is 0.285. The van der Waals surface area contributed by atoms with Crippen LogP contribution in [0.2, 0.25) is 0 Å². The van der Waals surface area contributed by atoms with Crippen molar-refractivity contribution >= 4 is 50.3 Å². The van der Waals surface area contributed by atoms with Crippen LogP contribution in [0.4, 0.5) is 19.3 Å². The van der Waals surface area contributed by atoms with Crippen LogP contribution in [-0.4, -0.2) is 125 Å². The first-order chi connectivity index (χ1) is 28.6. The van der Waals surface area contributed by atoms with Gasteiger partial charge in [-0.05, 0) is 89.3 Å². The number of allylic oxidation sites excluding steroid dienone is 1. The summed E-state index contributed by atoms with van der Waals surface area (Å²) in [5.74, 6) is -7.35. The van der Waals surface area contributed by atoms with E-state index in [1.54, 1.807) is 26.1 Å². The molecule has 3 aliphatic heterocycles. The number of nitrogens with zero attached hydrogens (tertiary/aromatic N) is 4. The van der Waals surface area contributed by atoms with Crippen LogP contribution in [0, 0.1) is 17.8 Å². The van der Waals surface area contributed by atoms with E-state index in [1.165, 1.54) is 4.90 Å². The number of alkyl halides is 2. The van der Waals surface area contributed by atoms with Gasteiger partial charge in [0.15, 0.2) is 0 Å². The summed E-state index contributed by atoms with van der Waals surface area (Å²) in [6, 6.07) is 4.57. The van der Waals surface area contributed by atoms with Gasteiger partial charge in [0.1, 0.15) is 29.3 Å². The molecule has 1 aromatic carbocycles. The molecule has 0 radical (unpaired) electrons. The van der Waals surface area contributed by atoms with E-state index in [2.05, 4.69) is 19.9 Å². The summed E-state index contributed by atoms with van der Waals surface area (Å²) in [4.78, 5) is 65.6. The first-order valence-electron chi connectivity index (χ1n) is 21.2. The predicted molar refractivity (Wildman–Crippen MR) is 223 cm³/mol. The molecule has 61 heavy (non-hydrogen) atoms. The van der Waals surface area contributed by atoms with E-state index in [1.807, 2.05) is 37.3 Å². The number of hydrogen-bond donors (Lipinski definition) is 3. The predicted octanol–water partition coefficient (Wildman–Crippen LogP) is 5.09. The second kappa shape index (κ2) is 16.3. The average Bonchev–Trinajstić information content (AvgIpc) is 4.07. The fourth-order valence-electron chi connectivity index (χ4n) is 9.15. The monoisotopic (exact) mass is 872 g/mol. The minimum Gasteiger partial charge on any atom is -0.472 e. The van der Waals surface area contributed by atoms with E-state index in [-0.39, 0.29) is 31.2 Å². The zero-order chi connectivity index (χ0) is 44.3. The number of carboxylic acid groups (broad SMARTS) is 1. The minimum absolute atomic E-state index is 0.0948. The summed E-state index contributed by atoms with van der Waals surface area (Å²) in [6.07, 6.45) is 4.76. The van der Waals surface area contributed by atoms with Crippen molar-refractivity contribution in [3.05, 3.63) is 42.6 Å². The number of amides is 4. The third-order valence-corrected chi connectivity index (χ3v) is 15.9. The first kappa shape index (κ1) is 44.5. The number of pyridine rings is 1. The molecule has 1 aromatic heterocycles. The van der Waals surface area contributed by atoms with E-state index in [9.17, 15) is 27.9 Å². The summed E-state index contributed by atoms with van der Waals surface area (Å²) in [6.45, 7) is 10.2. The second-order valence-corrected chi connectivity index (χ2v) is 20.8. The third kappa shape index (κ3) is 8.50. The molecule has 4 amide bonds. The number of halogens is 2. The van der Waals surface area contributed by atoms with Crippen LogP contribution in [-0.2, 0) is 29.1 Å². The maximum atomic E-state index is 15.4. The molecule has 334 valence electrons. The molecular formula is C43H58F2N6O9S. The van der Waals surface area contributed by atoms with Crippen LogP contribution in [0.1, 0.15) is 86.5 Å². The number of hydrogen-bond acceptors (Lipinski definition) is 10. The average molecular weight is 873 g/mol. The second-order valence-electron chi connectivity index (χ2n) is 18.6. The van der Waals surface area contributed by atoms with Gasteiger partial charge in [-0.1, -0.05) is 32.1 Å². The van der Waals surface area contributed by atoms with Gasteiger partial charge < -0.3 is 29.7 Å². The number of ether oxygens (including phenoxy) is 2. The zero-order valence-electron chi connectivity index (χ0n) is 35.7. The topological polar surface area (TPSA) is 188 Å². The maximum absolute atomic E-state index is 15.4. The van der Waals surface area contributed by atoms with Crippen molar-refractivity contribution < 1.29 is 51.0 Å². The van der Waals surface area contributed by atoms with Gasteiger partial charge in [0, 0.05) is 55.0 Å². The Kier molecular flexibility index (Phi) is 11.9. The molecule has 2 saturated carbocycles. The molecule has 4 heterocycles. The van der Waals surface area contributed by atoms with E-state index >= 15 is 13.6 Å². The molecule has 3 N–H and O–H groups in total. The van der Waals surface area contributed by atoms with Gasteiger partial charge in [-0.25, -0.2) is 27.0 Å². The highest BCUT2D eigenvalue weighted by atomic mass is 32.2. The number of carbonyl (C=O) groups excluding carboxylic acids is 3. The number of nitrogens with one attached hydrogen (secondary N) is 2. The smallest absolute Gasteiger partial charge is 0.408 e. The molecule has 18 heteroatoms. The van der Waals surface area contributed by atoms with Crippen molar-refractivity contribution in [2.75, 3.05) is 37.7 Å². The molecule has 7 atom stereocenters. The highest BCUT2D eigenvalue weighted by molar-refractivity contribution is 7.91. The Labute approximate surface area is 355 Å². The highest BCUT2D eigenvalue weighted by Crippen LogP contribution is 2.48. The molecule has 0 unspecified atom stereocenters. The Morgan fingerprint density at radius 2 is 1.79 bits per heavy atom. The fraction of sp³-hybridized carbons (Fsp3) is 0.651. The molecular weight excluding hydrogens is 815 g/mol. The Morgan fingerprint density at radius 3 is 2.44 bits per heavy atom. The minimum atomic E-state index is -4.09. The number of fused-ring (bicyclic) bond motifs is 3. The Hall–Kier alpha value is -4.58. The van der Waals surface area contributed by atoms with Gasteiger partial charge in [0.25, 0.3) is 11.8 Å². The number of aromatic nitrogens is 1. The van der Waals surface area contributed by atoms with Crippen molar-refractivity contribution in [2.24, 2.45) is 17.8 Å². The number of rotatable bonds is 9. The van der Waals surface area contributed by atoms with Crippen molar-refractivity contribution in [1.29, 1.82) is 0 Å². The summed E-state index contributed by atoms with van der Waals surface area (Å²) in [5, 5.41) is 15.0. The van der Waals surface area contributed by atoms with Crippen molar-refractivity contribution in [3.63, 3.8) is 0 Å². The molecule has 2 aliphatic carbocycles. The number of sulfonamides is 1. The Morgan fingerprint density at radius 1 is 1.08 bits per heavy atom. The Balaban J connectivity index is 1.28. The number of anilines is 1. The van der Waals surface area contributed by atoms with E-state index in [4.69, 9.17) is 9.47 Å². The molecule has 5 aliphatic rings. The lowest BCUT2D eigenvalue weighted by molar-refractivity contribution is -0.156. The van der Waals surface area contributed by atoms with Crippen molar-refractivity contribution in [2.45, 2.75) is 126 Å². The zero-order valence-corrected chi connectivity index (χ0v) is 36.5. The largest absolute Gasteiger partial charge is 0.472 e. The van der Waals surface area contributed by atoms with Crippen LogP contribution in [0.25, 0.3) is 10.8 Å². The van der Waals surface area contributed by atoms with Gasteiger partial charge in [-0.2, -0.15) is 0 Å². The lowest BCUT2D eigenvalue weighted by atomic mass is 9.84. The molecule has 2 saturated heterocycles. The van der Waals surface area contributed by atoms with Crippen LogP contribution in [0.3, 0.4) is 0 Å². The number of morpholine rings is 1. The van der Waals surface area contributed by atoms with Crippen molar-refractivity contribution in [1.82, 2.24) is 24.8 Å². The van der Waals surface area contributed by atoms with Crippen LogP contribution in [0.15, 0.2) is 42.6 Å². The van der Waals surface area contributed by atoms with Gasteiger partial charge in [0.2, 0.25) is 27.7 Å². The molecule has 0 bridgehead atoms. The molecule has 0 spiro atoms. The van der Waals surface area contributed by atoms with Gasteiger partial charge in [0.05, 0.1) is 24.5 Å². The molecule has 7 rings (SSSR count). The standard InChI is InChI=1S/C43H58F2N6O9S/c1-26-10-7-8-11-28-24-43(28,38(54)48-61(57,58)41(5)15-16-41)47-35(52)33-23-29(60-36-31-12-9-13-32(30(31)14-17-46-36)49-18-20-59-21-19-49)25-50(33)37(53)34(27(2)22-26)51(39(55)56)40(3,4)42(6,44)45/h8-9,11-14,17,26-29,33-34H,7,10,15-16,18-25H2,1-6H3,(H,47,52)(H,48,54)(H,55,56)/t26-,27-,28-,29-,33+,34+,43-/m1/s1. The van der Waals surface area contributed by atoms with Gasteiger partial charge >= 0.3 is 6.09 Å². The maximum Gasteiger partial charge on any atom is 0.408 e. The van der Waals surface area contributed by atoms with Crippen LogP contribution >= 0.6 is 0 Å². The SMILES string of the molecule is C[C@@H]1CCC=C[C@@H]2C[C@@]2(C(=O)NS(=O)(=O)C2(C)CC2)NC(=O)[C@@H]2C[C@@H](Oc3nccc4c(N5CCOCC5)cccc34)CN2C(=O)[C@@H](N(C(=O)O)C(C)(C)C(C)(F)F)[C@H](C)C1. The molecule has 2 aromatic rings.